The Morgan fingerprint density at radius 3 is 1.57 bits per heavy atom. The van der Waals surface area contributed by atoms with E-state index in [-0.39, 0.29) is 23.5 Å². The summed E-state index contributed by atoms with van der Waals surface area (Å²) >= 11 is 0. The van der Waals surface area contributed by atoms with Crippen molar-refractivity contribution in [3.63, 3.8) is 0 Å². The number of rotatable bonds is 3. The van der Waals surface area contributed by atoms with E-state index in [4.69, 9.17) is 15.2 Å². The van der Waals surface area contributed by atoms with Gasteiger partial charge in [-0.2, -0.15) is 0 Å². The van der Waals surface area contributed by atoms with Crippen molar-refractivity contribution in [3.8, 4) is 0 Å². The molecule has 6 nitrogen and oxygen atoms in total. The molecule has 0 aromatic rings. The molecular weight excluding hydrogens is 298 g/mol. The molecule has 6 heteroatoms. The van der Waals surface area contributed by atoms with E-state index in [9.17, 15) is 14.4 Å². The minimum Gasteiger partial charge on any atom is -0.458 e. The minimum atomic E-state index is -1.85. The summed E-state index contributed by atoms with van der Waals surface area (Å²) in [6.07, 6.45) is 0.750. The van der Waals surface area contributed by atoms with E-state index in [0.29, 0.717) is 12.8 Å². The number of ketones is 1. The number of hydrogen-bond acceptors (Lipinski definition) is 6. The number of carbonyl (C=O) groups excluding carboxylic acids is 3. The SMILES string of the molecule is CC(C)(C)OC(=O)C(N)(C(=O)OC(C)(C)C)[C@@H]1[C@@H]2CC(=O)C[C@@H]21. The van der Waals surface area contributed by atoms with Crippen LogP contribution >= 0.6 is 0 Å². The van der Waals surface area contributed by atoms with E-state index in [2.05, 4.69) is 0 Å². The Hall–Kier alpha value is -1.43. The summed E-state index contributed by atoms with van der Waals surface area (Å²) in [7, 11) is 0. The first kappa shape index (κ1) is 17.9. The summed E-state index contributed by atoms with van der Waals surface area (Å²) in [5.74, 6) is -1.81. The fourth-order valence-corrected chi connectivity index (χ4v) is 3.37. The molecule has 0 aromatic heterocycles. The van der Waals surface area contributed by atoms with Crippen molar-refractivity contribution in [3.05, 3.63) is 0 Å². The summed E-state index contributed by atoms with van der Waals surface area (Å²) in [6, 6.07) is 0. The second-order valence-electron chi connectivity index (χ2n) is 8.67. The van der Waals surface area contributed by atoms with Gasteiger partial charge in [0.2, 0.25) is 5.54 Å². The molecule has 0 radical (unpaired) electrons. The highest BCUT2D eigenvalue weighted by atomic mass is 16.6. The molecule has 2 saturated carbocycles. The lowest BCUT2D eigenvalue weighted by atomic mass is 9.88. The maximum atomic E-state index is 12.7. The molecule has 2 fully saturated rings. The van der Waals surface area contributed by atoms with Crippen molar-refractivity contribution in [2.75, 3.05) is 0 Å². The number of esters is 2. The molecule has 0 aromatic carbocycles. The normalized spacial score (nSPS) is 27.4. The largest absolute Gasteiger partial charge is 0.458 e. The van der Waals surface area contributed by atoms with Crippen molar-refractivity contribution < 1.29 is 23.9 Å². The topological polar surface area (TPSA) is 95.7 Å². The van der Waals surface area contributed by atoms with E-state index >= 15 is 0 Å². The number of ether oxygens (including phenoxy) is 2. The molecular formula is C17H27NO5. The van der Waals surface area contributed by atoms with Gasteiger partial charge < -0.3 is 15.2 Å². The molecule has 2 aliphatic rings. The van der Waals surface area contributed by atoms with Crippen LogP contribution in [-0.2, 0) is 23.9 Å². The molecule has 2 aliphatic carbocycles. The summed E-state index contributed by atoms with van der Waals surface area (Å²) in [6.45, 7) is 10.3. The van der Waals surface area contributed by atoms with Crippen LogP contribution in [0.2, 0.25) is 0 Å². The quantitative estimate of drug-likeness (QED) is 0.625. The van der Waals surface area contributed by atoms with Gasteiger partial charge in [-0.05, 0) is 53.4 Å². The monoisotopic (exact) mass is 325 g/mol. The van der Waals surface area contributed by atoms with Gasteiger partial charge in [-0.1, -0.05) is 0 Å². The summed E-state index contributed by atoms with van der Waals surface area (Å²) in [5, 5.41) is 0. The molecule has 3 atom stereocenters. The first-order valence-corrected chi connectivity index (χ1v) is 8.03. The van der Waals surface area contributed by atoms with Crippen LogP contribution in [-0.4, -0.2) is 34.5 Å². The van der Waals surface area contributed by atoms with Gasteiger partial charge in [-0.25, -0.2) is 9.59 Å². The minimum absolute atomic E-state index is 0.0208. The molecule has 0 aliphatic heterocycles. The Morgan fingerprint density at radius 1 is 0.913 bits per heavy atom. The average molecular weight is 325 g/mol. The Balaban J connectivity index is 2.27. The summed E-state index contributed by atoms with van der Waals surface area (Å²) in [5.41, 5.74) is 2.91. The van der Waals surface area contributed by atoms with Crippen molar-refractivity contribution >= 4 is 17.7 Å². The Bertz CT molecular complexity index is 498. The third kappa shape index (κ3) is 3.57. The fourth-order valence-electron chi connectivity index (χ4n) is 3.37. The highest BCUT2D eigenvalue weighted by Gasteiger charge is 2.70. The van der Waals surface area contributed by atoms with Crippen LogP contribution in [0.3, 0.4) is 0 Å². The molecule has 23 heavy (non-hydrogen) atoms. The van der Waals surface area contributed by atoms with Gasteiger partial charge in [0.25, 0.3) is 0 Å². The van der Waals surface area contributed by atoms with Gasteiger partial charge in [0, 0.05) is 18.8 Å². The second-order valence-corrected chi connectivity index (χ2v) is 8.67. The predicted molar refractivity (Wildman–Crippen MR) is 83.3 cm³/mol. The first-order valence-electron chi connectivity index (χ1n) is 8.03. The van der Waals surface area contributed by atoms with E-state index in [1.54, 1.807) is 41.5 Å². The average Bonchev–Trinajstić information content (AvgIpc) is 2.82. The van der Waals surface area contributed by atoms with E-state index in [1.807, 2.05) is 0 Å². The smallest absolute Gasteiger partial charge is 0.338 e. The van der Waals surface area contributed by atoms with Crippen LogP contribution in [0.25, 0.3) is 0 Å². The molecule has 2 rings (SSSR count). The lowest BCUT2D eigenvalue weighted by molar-refractivity contribution is -0.179. The van der Waals surface area contributed by atoms with Gasteiger partial charge in [0.15, 0.2) is 0 Å². The van der Waals surface area contributed by atoms with E-state index in [1.165, 1.54) is 0 Å². The highest BCUT2D eigenvalue weighted by molar-refractivity contribution is 6.06. The number of fused-ring (bicyclic) bond motifs is 1. The molecule has 130 valence electrons. The van der Waals surface area contributed by atoms with Crippen LogP contribution in [0, 0.1) is 17.8 Å². The maximum absolute atomic E-state index is 12.7. The zero-order valence-electron chi connectivity index (χ0n) is 14.8. The van der Waals surface area contributed by atoms with Crippen LogP contribution in [0.4, 0.5) is 0 Å². The molecule has 2 N–H and O–H groups in total. The summed E-state index contributed by atoms with van der Waals surface area (Å²) in [4.78, 5) is 36.8. The number of hydrogen-bond donors (Lipinski definition) is 1. The van der Waals surface area contributed by atoms with Crippen molar-refractivity contribution in [2.45, 2.75) is 71.1 Å². The maximum Gasteiger partial charge on any atom is 0.338 e. The lowest BCUT2D eigenvalue weighted by Crippen LogP contribution is -2.61. The second kappa shape index (κ2) is 5.30. The zero-order valence-corrected chi connectivity index (χ0v) is 14.8. The van der Waals surface area contributed by atoms with Gasteiger partial charge in [0.1, 0.15) is 17.0 Å². The Kier molecular flexibility index (Phi) is 4.13. The lowest BCUT2D eigenvalue weighted by Gasteiger charge is -2.33. The van der Waals surface area contributed by atoms with E-state index in [0.717, 1.165) is 0 Å². The third-order valence-corrected chi connectivity index (χ3v) is 4.26. The molecule has 0 unspecified atom stereocenters. The van der Waals surface area contributed by atoms with Crippen LogP contribution in [0.5, 0.6) is 0 Å². The molecule has 0 spiro atoms. The molecule has 0 bridgehead atoms. The standard InChI is InChI=1S/C17H27NO5/c1-15(2,3)22-13(20)17(18,14(21)23-16(4,5)6)12-10-7-9(19)8-11(10)12/h10-12H,7-8,18H2,1-6H3/t10-,11+,12-. The third-order valence-electron chi connectivity index (χ3n) is 4.26. The summed E-state index contributed by atoms with van der Waals surface area (Å²) < 4.78 is 10.8. The Morgan fingerprint density at radius 2 is 1.26 bits per heavy atom. The van der Waals surface area contributed by atoms with Gasteiger partial charge in [-0.3, -0.25) is 4.79 Å². The van der Waals surface area contributed by atoms with Crippen LogP contribution in [0.1, 0.15) is 54.4 Å². The van der Waals surface area contributed by atoms with Crippen molar-refractivity contribution in [1.29, 1.82) is 0 Å². The van der Waals surface area contributed by atoms with E-state index < -0.39 is 28.7 Å². The number of carbonyl (C=O) groups is 3. The zero-order chi connectivity index (χ0) is 17.8. The van der Waals surface area contributed by atoms with Crippen molar-refractivity contribution in [1.82, 2.24) is 0 Å². The van der Waals surface area contributed by atoms with Crippen LogP contribution < -0.4 is 5.73 Å². The molecule has 0 heterocycles. The molecule has 0 saturated heterocycles. The Labute approximate surface area is 137 Å². The molecule has 0 amide bonds. The highest BCUT2D eigenvalue weighted by Crippen LogP contribution is 2.60. The number of Topliss-reactive ketones (excluding diaryl/α,β-unsaturated/α-hetero) is 1. The predicted octanol–water partition coefficient (Wildman–Crippen LogP) is 1.59. The fraction of sp³-hybridized carbons (Fsp3) is 0.824. The number of nitrogens with two attached hydrogens (primary N) is 1. The first-order chi connectivity index (χ1) is 10.3. The van der Waals surface area contributed by atoms with Gasteiger partial charge >= 0.3 is 11.9 Å². The van der Waals surface area contributed by atoms with Crippen LogP contribution in [0.15, 0.2) is 0 Å². The van der Waals surface area contributed by atoms with Crippen molar-refractivity contribution in [2.24, 2.45) is 23.5 Å². The van der Waals surface area contributed by atoms with Gasteiger partial charge in [0.05, 0.1) is 0 Å². The van der Waals surface area contributed by atoms with Gasteiger partial charge in [-0.15, -0.1) is 0 Å².